The Morgan fingerprint density at radius 1 is 1.04 bits per heavy atom. The fourth-order valence-electron chi connectivity index (χ4n) is 2.96. The first-order chi connectivity index (χ1) is 13.5. The molecule has 0 spiro atoms. The second-order valence-electron chi connectivity index (χ2n) is 6.09. The Bertz CT molecular complexity index is 914. The van der Waals surface area contributed by atoms with Gasteiger partial charge in [-0.15, -0.1) is 0 Å². The van der Waals surface area contributed by atoms with Gasteiger partial charge in [-0.3, -0.25) is 4.79 Å². The third kappa shape index (κ3) is 4.74. The number of halogens is 1. The number of ether oxygens (including phenoxy) is 1. The largest absolute Gasteiger partial charge is 0.489 e. The Hall–Kier alpha value is -2.58. The molecule has 132 valence electrons. The van der Waals surface area contributed by atoms with Crippen molar-refractivity contribution in [2.45, 2.75) is 25.8 Å². The zero-order valence-electron chi connectivity index (χ0n) is 16.3. The van der Waals surface area contributed by atoms with Crippen molar-refractivity contribution in [3.8, 4) is 5.75 Å². The van der Waals surface area contributed by atoms with Gasteiger partial charge in [0.2, 0.25) is 5.24 Å². The van der Waals surface area contributed by atoms with Gasteiger partial charge in [0.05, 0.1) is 0 Å². The summed E-state index contributed by atoms with van der Waals surface area (Å²) in [7, 11) is 0. The van der Waals surface area contributed by atoms with Crippen LogP contribution in [0, 0.1) is 6.88 Å². The van der Waals surface area contributed by atoms with Crippen molar-refractivity contribution in [1.82, 2.24) is 0 Å². The zero-order valence-corrected chi connectivity index (χ0v) is 15.0. The molecule has 3 rings (SSSR count). The minimum Gasteiger partial charge on any atom is -0.489 e. The van der Waals surface area contributed by atoms with Gasteiger partial charge in [-0.25, -0.2) is 0 Å². The van der Waals surface area contributed by atoms with E-state index in [-0.39, 0.29) is 12.3 Å². The van der Waals surface area contributed by atoms with E-state index in [1.807, 2.05) is 60.7 Å². The number of carbonyl (C=O) groups is 1. The lowest BCUT2D eigenvalue weighted by Crippen LogP contribution is -2.08. The number of hydrogen-bond donors (Lipinski definition) is 0. The van der Waals surface area contributed by atoms with E-state index in [9.17, 15) is 4.79 Å². The smallest absolute Gasteiger partial charge is 0.222 e. The predicted molar refractivity (Wildman–Crippen MR) is 106 cm³/mol. The molecule has 0 aliphatic heterocycles. The fraction of sp³-hybridized carbons (Fsp3) is 0.174. The Balaban J connectivity index is 2.01. The third-order valence-electron chi connectivity index (χ3n) is 4.21. The summed E-state index contributed by atoms with van der Waals surface area (Å²) in [5.74, 6) is 0.315. The zero-order chi connectivity index (χ0) is 19.9. The molecule has 0 fully saturated rings. The van der Waals surface area contributed by atoms with Crippen LogP contribution in [0.1, 0.15) is 37.3 Å². The number of rotatable bonds is 7. The van der Waals surface area contributed by atoms with E-state index < -0.39 is 12.1 Å². The summed E-state index contributed by atoms with van der Waals surface area (Å²) in [4.78, 5) is 11.8. The van der Waals surface area contributed by atoms with Crippen LogP contribution in [0.3, 0.4) is 0 Å². The Labute approximate surface area is 162 Å². The summed E-state index contributed by atoms with van der Waals surface area (Å²) in [6.07, 6.45) is 0.109. The van der Waals surface area contributed by atoms with Crippen molar-refractivity contribution in [2.24, 2.45) is 0 Å². The summed E-state index contributed by atoms with van der Waals surface area (Å²) >= 11 is 5.75. The highest BCUT2D eigenvalue weighted by Crippen LogP contribution is 2.36. The summed E-state index contributed by atoms with van der Waals surface area (Å²) in [6.45, 7) is -0.737. The van der Waals surface area contributed by atoms with Crippen molar-refractivity contribution in [1.29, 1.82) is 0 Å². The first kappa shape index (κ1) is 15.7. The maximum absolute atomic E-state index is 11.8. The van der Waals surface area contributed by atoms with Gasteiger partial charge in [0, 0.05) is 20.6 Å². The van der Waals surface area contributed by atoms with Gasteiger partial charge in [0.1, 0.15) is 12.4 Å². The maximum Gasteiger partial charge on any atom is 0.222 e. The van der Waals surface area contributed by atoms with E-state index in [0.29, 0.717) is 17.9 Å². The van der Waals surface area contributed by atoms with Gasteiger partial charge >= 0.3 is 0 Å². The minimum atomic E-state index is -1.12. The summed E-state index contributed by atoms with van der Waals surface area (Å²) in [5.41, 5.74) is 3.27. The van der Waals surface area contributed by atoms with E-state index in [2.05, 4.69) is 0 Å². The molecule has 3 heteroatoms. The number of hydrogen-bond acceptors (Lipinski definition) is 2. The van der Waals surface area contributed by atoms with Crippen LogP contribution in [0.25, 0.3) is 0 Å². The van der Waals surface area contributed by atoms with E-state index in [1.54, 1.807) is 18.2 Å². The number of aryl methyl sites for hydroxylation is 1. The van der Waals surface area contributed by atoms with Crippen LogP contribution < -0.4 is 4.74 Å². The minimum absolute atomic E-state index is 0.109. The molecule has 0 saturated carbocycles. The predicted octanol–water partition coefficient (Wildman–Crippen LogP) is 5.86. The lowest BCUT2D eigenvalue weighted by molar-refractivity contribution is -0.111. The summed E-state index contributed by atoms with van der Waals surface area (Å²) in [6, 6.07) is 24.7. The molecule has 0 aliphatic carbocycles. The molecule has 0 unspecified atom stereocenters. The Kier molecular flexibility index (Phi) is 5.23. The van der Waals surface area contributed by atoms with Crippen LogP contribution in [-0.4, -0.2) is 5.24 Å². The Morgan fingerprint density at radius 3 is 2.38 bits per heavy atom. The van der Waals surface area contributed by atoms with Crippen LogP contribution in [0.2, 0.25) is 0 Å². The van der Waals surface area contributed by atoms with E-state index in [1.165, 1.54) is 0 Å². The van der Waals surface area contributed by atoms with Crippen molar-refractivity contribution in [3.05, 3.63) is 101 Å². The molecule has 0 saturated heterocycles. The van der Waals surface area contributed by atoms with Crippen molar-refractivity contribution in [3.63, 3.8) is 0 Å². The second kappa shape index (κ2) is 8.68. The molecule has 0 bridgehead atoms. The number of carbonyl (C=O) groups excluding carboxylic acids is 1. The molecule has 0 radical (unpaired) electrons. The van der Waals surface area contributed by atoms with Crippen LogP contribution in [0.4, 0.5) is 0 Å². The van der Waals surface area contributed by atoms with Crippen molar-refractivity contribution in [2.75, 3.05) is 0 Å². The summed E-state index contributed by atoms with van der Waals surface area (Å²) < 4.78 is 21.5. The van der Waals surface area contributed by atoms with Gasteiger partial charge in [-0.2, -0.15) is 0 Å². The van der Waals surface area contributed by atoms with Crippen molar-refractivity contribution >= 4 is 16.8 Å². The van der Waals surface area contributed by atoms with Gasteiger partial charge in [0.15, 0.2) is 0 Å². The third-order valence-corrected chi connectivity index (χ3v) is 4.37. The average Bonchev–Trinajstić information content (AvgIpc) is 2.71. The standard InChI is InChI=1S/C23H21ClO2/c1-17-12-13-22(26-16-18-8-4-2-5-9-18)21(14-17)20(15-23(24)25)19-10-6-3-7-11-19/h2-14,20H,15-16H2,1H3/t20-/m1/s1/i1D2. The van der Waals surface area contributed by atoms with Gasteiger partial charge in [0.25, 0.3) is 0 Å². The average molecular weight is 367 g/mol. The SMILES string of the molecule is [2H]C([2H])c1ccc(OCc2ccccc2)c([C@H](CC(=O)Cl)c2ccccc2)c1. The van der Waals surface area contributed by atoms with Crippen LogP contribution >= 0.6 is 11.6 Å². The molecular formula is C23H21ClO2. The first-order valence-corrected chi connectivity index (χ1v) is 8.80. The fourth-order valence-corrected chi connectivity index (χ4v) is 3.11. The second-order valence-corrected chi connectivity index (χ2v) is 6.52. The molecular weight excluding hydrogens is 344 g/mol. The van der Waals surface area contributed by atoms with Crippen molar-refractivity contribution < 1.29 is 12.3 Å². The molecule has 3 aromatic rings. The summed E-state index contributed by atoms with van der Waals surface area (Å²) in [5, 5.41) is -0.443. The topological polar surface area (TPSA) is 26.3 Å². The molecule has 0 N–H and O–H groups in total. The van der Waals surface area contributed by atoms with E-state index >= 15 is 0 Å². The normalized spacial score (nSPS) is 13.0. The molecule has 0 aromatic heterocycles. The lowest BCUT2D eigenvalue weighted by Gasteiger charge is -2.21. The van der Waals surface area contributed by atoms with Crippen LogP contribution in [-0.2, 0) is 11.4 Å². The highest BCUT2D eigenvalue weighted by molar-refractivity contribution is 6.63. The van der Waals surface area contributed by atoms with Gasteiger partial charge in [-0.05, 0) is 35.7 Å². The quantitative estimate of drug-likeness (QED) is 0.489. The van der Waals surface area contributed by atoms with Crippen LogP contribution in [0.5, 0.6) is 5.75 Å². The maximum atomic E-state index is 11.8. The van der Waals surface area contributed by atoms with Gasteiger partial charge in [-0.1, -0.05) is 78.4 Å². The molecule has 0 amide bonds. The molecule has 1 atom stereocenters. The molecule has 0 aliphatic rings. The lowest BCUT2D eigenvalue weighted by atomic mass is 9.87. The van der Waals surface area contributed by atoms with E-state index in [0.717, 1.165) is 16.7 Å². The first-order valence-electron chi connectivity index (χ1n) is 9.58. The Morgan fingerprint density at radius 2 is 1.73 bits per heavy atom. The highest BCUT2D eigenvalue weighted by atomic mass is 35.5. The van der Waals surface area contributed by atoms with Crippen LogP contribution in [0.15, 0.2) is 78.9 Å². The molecule has 26 heavy (non-hydrogen) atoms. The van der Waals surface area contributed by atoms with E-state index in [4.69, 9.17) is 19.1 Å². The molecule has 2 nitrogen and oxygen atoms in total. The molecule has 0 heterocycles. The monoisotopic (exact) mass is 366 g/mol. The van der Waals surface area contributed by atoms with Gasteiger partial charge < -0.3 is 4.74 Å². The number of benzene rings is 3. The highest BCUT2D eigenvalue weighted by Gasteiger charge is 2.21. The molecule has 3 aromatic carbocycles.